The van der Waals surface area contributed by atoms with E-state index in [2.05, 4.69) is 37.0 Å². The van der Waals surface area contributed by atoms with Gasteiger partial charge in [-0.25, -0.2) is 0 Å². The van der Waals surface area contributed by atoms with Gasteiger partial charge in [-0.1, -0.05) is 18.2 Å². The molecule has 8 heavy (non-hydrogen) atoms. The normalized spacial score (nSPS) is 9.12. The summed E-state index contributed by atoms with van der Waals surface area (Å²) < 4.78 is 1.44. The second-order valence-corrected chi connectivity index (χ2v) is 5.03. The van der Waals surface area contributed by atoms with Crippen LogP contribution in [0.15, 0.2) is 30.3 Å². The van der Waals surface area contributed by atoms with Crippen LogP contribution in [-0.4, -0.2) is 0 Å². The monoisotopic (exact) mass is 283 g/mol. The lowest BCUT2D eigenvalue weighted by Crippen LogP contribution is -1.63. The summed E-state index contributed by atoms with van der Waals surface area (Å²) in [6.45, 7) is 0. The Labute approximate surface area is 65.3 Å². The molecule has 0 aromatic heterocycles. The molecule has 0 fully saturated rings. The summed E-state index contributed by atoms with van der Waals surface area (Å²) in [4.78, 5) is 0. The minimum Gasteiger partial charge on any atom is -0.0622 e. The maximum absolute atomic E-state index is 3.47. The van der Waals surface area contributed by atoms with Gasteiger partial charge in [-0.3, -0.25) is 0 Å². The van der Waals surface area contributed by atoms with Gasteiger partial charge in [-0.2, -0.15) is 0 Å². The number of hydrogen-bond acceptors (Lipinski definition) is 0. The third-order valence-corrected chi connectivity index (χ3v) is 4.33. The predicted molar refractivity (Wildman–Crippen MR) is 48.1 cm³/mol. The summed E-state index contributed by atoms with van der Waals surface area (Å²) in [5.41, 5.74) is 0. The van der Waals surface area contributed by atoms with Crippen LogP contribution in [0.1, 0.15) is 0 Å². The van der Waals surface area contributed by atoms with Crippen LogP contribution in [0.25, 0.3) is 0 Å². The summed E-state index contributed by atoms with van der Waals surface area (Å²) in [5.74, 6) is 0. The molecule has 1 aromatic carbocycles. The van der Waals surface area contributed by atoms with E-state index in [1.165, 1.54) is 3.57 Å². The summed E-state index contributed by atoms with van der Waals surface area (Å²) in [6.07, 6.45) is 0. The molecule has 0 spiro atoms. The predicted octanol–water partition coefficient (Wildman–Crippen LogP) is 3.14. The van der Waals surface area contributed by atoms with E-state index in [-0.39, 0.29) is 19.0 Å². The molecule has 1 rings (SSSR count). The van der Waals surface area contributed by atoms with Gasteiger partial charge in [0.15, 0.2) is 0 Å². The Morgan fingerprint density at radius 2 is 1.75 bits per heavy atom. The van der Waals surface area contributed by atoms with Crippen LogP contribution in [0.5, 0.6) is 0 Å². The van der Waals surface area contributed by atoms with Gasteiger partial charge < -0.3 is 0 Å². The zero-order valence-corrected chi connectivity index (χ0v) is 7.89. The van der Waals surface area contributed by atoms with Crippen molar-refractivity contribution in [3.05, 3.63) is 33.9 Å². The average Bonchev–Trinajstić information content (AvgIpc) is 1.90. The van der Waals surface area contributed by atoms with E-state index < -0.39 is 0 Å². The van der Waals surface area contributed by atoms with E-state index in [9.17, 15) is 0 Å². The summed E-state index contributed by atoms with van der Waals surface area (Å²) in [7, 11) is 0. The molecule has 0 aliphatic carbocycles. The maximum Gasteiger partial charge on any atom is 0.0142 e. The van der Waals surface area contributed by atoms with Crippen LogP contribution in [0.2, 0.25) is 0 Å². The molecule has 0 N–H and O–H groups in total. The molecule has 1 radical (unpaired) electrons. The zero-order valence-electron chi connectivity index (χ0n) is 4.14. The van der Waals surface area contributed by atoms with Crippen molar-refractivity contribution in [3.63, 3.8) is 0 Å². The van der Waals surface area contributed by atoms with Crippen molar-refractivity contribution in [3.8, 4) is 0 Å². The van der Waals surface area contributed by atoms with Gasteiger partial charge in [0.25, 0.3) is 0 Å². The molecule has 1 aromatic rings. The van der Waals surface area contributed by atoms with Crippen molar-refractivity contribution in [2.75, 3.05) is 0 Å². The fourth-order valence-corrected chi connectivity index (χ4v) is 2.49. The lowest BCUT2D eigenvalue weighted by molar-refractivity contribution is 1.65. The molecule has 0 saturated carbocycles. The van der Waals surface area contributed by atoms with Gasteiger partial charge in [0.2, 0.25) is 0 Å². The Morgan fingerprint density at radius 3 is 2.12 bits per heavy atom. The molecule has 0 bridgehead atoms. The maximum atomic E-state index is 3.47. The Bertz CT molecular complexity index is 150. The molecule has 0 atom stereocenters. The molecule has 0 unspecified atom stereocenters. The number of benzene rings is 1. The Balaban J connectivity index is 2.83. The first-order valence-corrected chi connectivity index (χ1v) is 8.16. The van der Waals surface area contributed by atoms with E-state index >= 15 is 0 Å². The SMILES string of the molecule is Br[I]c1ccccc1. The highest BCUT2D eigenvalue weighted by atomic mass is 127. The van der Waals surface area contributed by atoms with Crippen LogP contribution in [0.4, 0.5) is 0 Å². The highest BCUT2D eigenvalue weighted by Gasteiger charge is 1.82. The standard InChI is InChI=1S/C6H5BrI/c7-8-6-4-2-1-3-5-6/h1-5H. The van der Waals surface area contributed by atoms with Crippen molar-refractivity contribution in [1.82, 2.24) is 0 Å². The van der Waals surface area contributed by atoms with E-state index in [0.717, 1.165) is 0 Å². The molecule has 0 nitrogen and oxygen atoms in total. The van der Waals surface area contributed by atoms with Crippen LogP contribution in [0.3, 0.4) is 0 Å². The van der Waals surface area contributed by atoms with Crippen molar-refractivity contribution < 1.29 is 0 Å². The lowest BCUT2D eigenvalue weighted by atomic mass is 10.4. The van der Waals surface area contributed by atoms with E-state index in [4.69, 9.17) is 0 Å². The minimum atomic E-state index is 0.122. The van der Waals surface area contributed by atoms with Gasteiger partial charge in [-0.15, -0.1) is 0 Å². The van der Waals surface area contributed by atoms with E-state index in [1.807, 2.05) is 6.07 Å². The second-order valence-electron chi connectivity index (χ2n) is 1.37. The van der Waals surface area contributed by atoms with Gasteiger partial charge in [0.1, 0.15) is 0 Å². The topological polar surface area (TPSA) is 0 Å². The summed E-state index contributed by atoms with van der Waals surface area (Å²) in [6, 6.07) is 10.5. The molecule has 0 aliphatic rings. The van der Waals surface area contributed by atoms with Gasteiger partial charge in [0.05, 0.1) is 0 Å². The quantitative estimate of drug-likeness (QED) is 0.695. The smallest absolute Gasteiger partial charge is 0.0142 e. The number of rotatable bonds is 1. The fraction of sp³-hybridized carbons (Fsp3) is 0. The van der Waals surface area contributed by atoms with Gasteiger partial charge in [0, 0.05) is 3.57 Å². The fourth-order valence-electron chi connectivity index (χ4n) is 0.462. The van der Waals surface area contributed by atoms with Crippen molar-refractivity contribution in [2.24, 2.45) is 0 Å². The summed E-state index contributed by atoms with van der Waals surface area (Å²) in [5, 5.41) is 0. The first kappa shape index (κ1) is 6.55. The first-order valence-electron chi connectivity index (χ1n) is 2.24. The summed E-state index contributed by atoms with van der Waals surface area (Å²) >= 11 is 3.59. The molecule has 2 heteroatoms. The molecule has 0 amide bonds. The van der Waals surface area contributed by atoms with E-state index in [0.29, 0.717) is 0 Å². The highest BCUT2D eigenvalue weighted by molar-refractivity contribution is 14.3. The largest absolute Gasteiger partial charge is 0.0622 e. The van der Waals surface area contributed by atoms with Gasteiger partial charge in [-0.05, 0) is 43.8 Å². The number of hydrogen-bond donors (Lipinski definition) is 0. The third-order valence-electron chi connectivity index (χ3n) is 0.816. The molecule has 0 heterocycles. The minimum absolute atomic E-state index is 0.122. The van der Waals surface area contributed by atoms with Crippen molar-refractivity contribution >= 4 is 31.7 Å². The molecule has 0 saturated heterocycles. The molecule has 0 aliphatic heterocycles. The molecule has 43 valence electrons. The number of halogens is 2. The zero-order chi connectivity index (χ0) is 5.82. The average molecular weight is 284 g/mol. The highest BCUT2D eigenvalue weighted by Crippen LogP contribution is 2.27. The molecular formula is C6H5BrI. The van der Waals surface area contributed by atoms with Crippen molar-refractivity contribution in [2.45, 2.75) is 0 Å². The molecular weight excluding hydrogens is 279 g/mol. The van der Waals surface area contributed by atoms with Crippen LogP contribution >= 0.6 is 31.7 Å². The Kier molecular flexibility index (Phi) is 2.83. The van der Waals surface area contributed by atoms with Crippen LogP contribution in [-0.2, 0) is 0 Å². The van der Waals surface area contributed by atoms with Crippen LogP contribution in [0, 0.1) is 3.57 Å². The third kappa shape index (κ3) is 1.74. The van der Waals surface area contributed by atoms with Crippen LogP contribution < -0.4 is 0 Å². The van der Waals surface area contributed by atoms with E-state index in [1.54, 1.807) is 0 Å². The Morgan fingerprint density at radius 1 is 1.12 bits per heavy atom. The van der Waals surface area contributed by atoms with Gasteiger partial charge >= 0.3 is 0 Å². The lowest BCUT2D eigenvalue weighted by Gasteiger charge is -1.87. The first-order chi connectivity index (χ1) is 3.93. The Hall–Kier alpha value is 0.430. The second kappa shape index (κ2) is 3.45. The van der Waals surface area contributed by atoms with Crippen molar-refractivity contribution in [1.29, 1.82) is 0 Å².